The summed E-state index contributed by atoms with van der Waals surface area (Å²) in [7, 11) is 1.73. The summed E-state index contributed by atoms with van der Waals surface area (Å²) in [5.74, 6) is 0. The lowest BCUT2D eigenvalue weighted by Gasteiger charge is -2.23. The van der Waals surface area contributed by atoms with Gasteiger partial charge in [0.25, 0.3) is 0 Å². The Morgan fingerprint density at radius 2 is 1.71 bits per heavy atom. The van der Waals surface area contributed by atoms with Crippen molar-refractivity contribution in [3.8, 4) is 6.07 Å². The predicted molar refractivity (Wildman–Crippen MR) is 75.4 cm³/mol. The lowest BCUT2D eigenvalue weighted by molar-refractivity contribution is -0.137. The summed E-state index contributed by atoms with van der Waals surface area (Å²) in [5, 5.41) is 9.13. The van der Waals surface area contributed by atoms with Crippen LogP contribution in [0.1, 0.15) is 16.7 Å². The molecule has 0 spiro atoms. The molecular formula is C16H13F3N2. The van der Waals surface area contributed by atoms with Crippen LogP contribution in [0.4, 0.5) is 24.5 Å². The number of aryl methyl sites for hydroxylation is 1. The zero-order valence-corrected chi connectivity index (χ0v) is 11.6. The minimum atomic E-state index is -4.45. The van der Waals surface area contributed by atoms with Gasteiger partial charge in [-0.15, -0.1) is 0 Å². The van der Waals surface area contributed by atoms with Crippen LogP contribution in [0.3, 0.4) is 0 Å². The third-order valence-electron chi connectivity index (χ3n) is 3.28. The first-order valence-electron chi connectivity index (χ1n) is 6.25. The van der Waals surface area contributed by atoms with Gasteiger partial charge in [-0.3, -0.25) is 0 Å². The lowest BCUT2D eigenvalue weighted by Crippen LogP contribution is -2.13. The molecule has 0 aliphatic rings. The predicted octanol–water partition coefficient (Wildman–Crippen LogP) is 4.65. The van der Waals surface area contributed by atoms with E-state index in [1.807, 2.05) is 37.3 Å². The zero-order chi connectivity index (χ0) is 15.6. The Labute approximate surface area is 121 Å². The van der Waals surface area contributed by atoms with Gasteiger partial charge >= 0.3 is 6.18 Å². The van der Waals surface area contributed by atoms with Crippen molar-refractivity contribution in [1.82, 2.24) is 0 Å². The molecule has 0 aliphatic heterocycles. The molecule has 0 bridgehead atoms. The number of hydrogen-bond acceptors (Lipinski definition) is 2. The molecule has 0 radical (unpaired) electrons. The topological polar surface area (TPSA) is 27.0 Å². The molecule has 0 heterocycles. The van der Waals surface area contributed by atoms with Gasteiger partial charge in [0.05, 0.1) is 16.8 Å². The molecule has 2 aromatic carbocycles. The highest BCUT2D eigenvalue weighted by atomic mass is 19.4. The normalized spacial score (nSPS) is 11.0. The molecule has 0 amide bonds. The van der Waals surface area contributed by atoms with Crippen LogP contribution in [0.5, 0.6) is 0 Å². The Morgan fingerprint density at radius 3 is 2.29 bits per heavy atom. The number of rotatable bonds is 2. The summed E-state index contributed by atoms with van der Waals surface area (Å²) < 4.78 is 38.1. The molecule has 0 atom stereocenters. The third-order valence-corrected chi connectivity index (χ3v) is 3.28. The quantitative estimate of drug-likeness (QED) is 0.804. The van der Waals surface area contributed by atoms with Gasteiger partial charge in [-0.1, -0.05) is 18.2 Å². The Bertz CT molecular complexity index is 699. The molecule has 108 valence electrons. The van der Waals surface area contributed by atoms with Crippen LogP contribution in [0, 0.1) is 18.3 Å². The Balaban J connectivity index is 2.50. The molecule has 0 fully saturated rings. The number of nitriles is 1. The van der Waals surface area contributed by atoms with Crippen molar-refractivity contribution in [1.29, 1.82) is 5.26 Å². The SMILES string of the molecule is Cc1ccccc1N(C)c1ccc(C(F)(F)F)cc1C#N. The second kappa shape index (κ2) is 5.49. The van der Waals surface area contributed by atoms with Crippen molar-refractivity contribution in [3.63, 3.8) is 0 Å². The molecule has 0 aromatic heterocycles. The van der Waals surface area contributed by atoms with Crippen LogP contribution in [0.2, 0.25) is 0 Å². The Hall–Kier alpha value is -2.48. The smallest absolute Gasteiger partial charge is 0.343 e. The summed E-state index contributed by atoms with van der Waals surface area (Å²) in [6, 6.07) is 12.5. The van der Waals surface area contributed by atoms with Crippen LogP contribution >= 0.6 is 0 Å². The highest BCUT2D eigenvalue weighted by molar-refractivity contribution is 5.71. The van der Waals surface area contributed by atoms with Crippen molar-refractivity contribution in [2.45, 2.75) is 13.1 Å². The van der Waals surface area contributed by atoms with E-state index in [4.69, 9.17) is 5.26 Å². The largest absolute Gasteiger partial charge is 0.416 e. The van der Waals surface area contributed by atoms with Gasteiger partial charge in [-0.25, -0.2) is 0 Å². The maximum Gasteiger partial charge on any atom is 0.416 e. The Morgan fingerprint density at radius 1 is 1.05 bits per heavy atom. The average Bonchev–Trinajstić information content (AvgIpc) is 2.45. The van der Waals surface area contributed by atoms with Gasteiger partial charge in [0.2, 0.25) is 0 Å². The van der Waals surface area contributed by atoms with Gasteiger partial charge < -0.3 is 4.90 Å². The number of anilines is 2. The van der Waals surface area contributed by atoms with E-state index in [1.165, 1.54) is 6.07 Å². The van der Waals surface area contributed by atoms with Crippen LogP contribution < -0.4 is 4.90 Å². The first-order chi connectivity index (χ1) is 9.84. The molecule has 0 saturated carbocycles. The van der Waals surface area contributed by atoms with Crippen LogP contribution in [-0.2, 0) is 6.18 Å². The van der Waals surface area contributed by atoms with E-state index in [9.17, 15) is 13.2 Å². The number of hydrogen-bond donors (Lipinski definition) is 0. The van der Waals surface area contributed by atoms with Crippen molar-refractivity contribution in [2.75, 3.05) is 11.9 Å². The van der Waals surface area contributed by atoms with Crippen LogP contribution in [-0.4, -0.2) is 7.05 Å². The highest BCUT2D eigenvalue weighted by Gasteiger charge is 2.31. The van der Waals surface area contributed by atoms with Crippen molar-refractivity contribution in [3.05, 3.63) is 59.2 Å². The first kappa shape index (κ1) is 14.9. The lowest BCUT2D eigenvalue weighted by atomic mass is 10.1. The van der Waals surface area contributed by atoms with E-state index < -0.39 is 11.7 Å². The van der Waals surface area contributed by atoms with Crippen LogP contribution in [0.25, 0.3) is 0 Å². The number of nitrogens with zero attached hydrogens (tertiary/aromatic N) is 2. The van der Waals surface area contributed by atoms with Gasteiger partial charge in [0.1, 0.15) is 6.07 Å². The van der Waals surface area contributed by atoms with Gasteiger partial charge in [-0.2, -0.15) is 18.4 Å². The minimum absolute atomic E-state index is 0.00409. The molecule has 2 rings (SSSR count). The van der Waals surface area contributed by atoms with Crippen molar-refractivity contribution in [2.24, 2.45) is 0 Å². The molecular weight excluding hydrogens is 277 g/mol. The van der Waals surface area contributed by atoms with E-state index in [0.717, 1.165) is 23.4 Å². The van der Waals surface area contributed by atoms with Crippen molar-refractivity contribution < 1.29 is 13.2 Å². The third kappa shape index (κ3) is 3.00. The maximum atomic E-state index is 12.7. The Kier molecular flexibility index (Phi) is 3.90. The van der Waals surface area contributed by atoms with E-state index in [-0.39, 0.29) is 5.56 Å². The molecule has 0 unspecified atom stereocenters. The zero-order valence-electron chi connectivity index (χ0n) is 11.6. The van der Waals surface area contributed by atoms with Crippen LogP contribution in [0.15, 0.2) is 42.5 Å². The summed E-state index contributed by atoms with van der Waals surface area (Å²) in [5.41, 5.74) is 1.44. The molecule has 0 saturated heterocycles. The maximum absolute atomic E-state index is 12.7. The second-order valence-electron chi connectivity index (χ2n) is 4.69. The molecule has 21 heavy (non-hydrogen) atoms. The first-order valence-corrected chi connectivity index (χ1v) is 6.25. The highest BCUT2D eigenvalue weighted by Crippen LogP contribution is 2.34. The molecule has 0 N–H and O–H groups in total. The molecule has 5 heteroatoms. The second-order valence-corrected chi connectivity index (χ2v) is 4.69. The summed E-state index contributed by atoms with van der Waals surface area (Å²) >= 11 is 0. The summed E-state index contributed by atoms with van der Waals surface area (Å²) in [4.78, 5) is 1.72. The van der Waals surface area contributed by atoms with Gasteiger partial charge in [-0.05, 0) is 36.8 Å². The fourth-order valence-corrected chi connectivity index (χ4v) is 2.16. The standard InChI is InChI=1S/C16H13F3N2/c1-11-5-3-4-6-14(11)21(2)15-8-7-13(16(17,18)19)9-12(15)10-20/h3-9H,1-2H3. The van der Waals surface area contributed by atoms with E-state index in [2.05, 4.69) is 0 Å². The monoisotopic (exact) mass is 290 g/mol. The van der Waals surface area contributed by atoms with Crippen molar-refractivity contribution >= 4 is 11.4 Å². The van der Waals surface area contributed by atoms with E-state index >= 15 is 0 Å². The fraction of sp³-hybridized carbons (Fsp3) is 0.188. The fourth-order valence-electron chi connectivity index (χ4n) is 2.16. The minimum Gasteiger partial charge on any atom is -0.343 e. The number of halogens is 3. The number of para-hydroxylation sites is 1. The molecule has 2 aromatic rings. The summed E-state index contributed by atoms with van der Waals surface area (Å²) in [6.45, 7) is 1.90. The number of alkyl halides is 3. The van der Waals surface area contributed by atoms with E-state index in [1.54, 1.807) is 11.9 Å². The van der Waals surface area contributed by atoms with E-state index in [0.29, 0.717) is 5.69 Å². The number of benzene rings is 2. The van der Waals surface area contributed by atoms with Gasteiger partial charge in [0.15, 0.2) is 0 Å². The average molecular weight is 290 g/mol. The molecule has 2 nitrogen and oxygen atoms in total. The molecule has 0 aliphatic carbocycles. The summed E-state index contributed by atoms with van der Waals surface area (Å²) in [6.07, 6.45) is -4.45. The van der Waals surface area contributed by atoms with Gasteiger partial charge in [0, 0.05) is 12.7 Å².